The largest absolute Gasteiger partial charge is 0.372 e. The first kappa shape index (κ1) is 47.9. The normalized spacial score (nSPS) is 15.9. The number of sulfonamides is 1. The van der Waals surface area contributed by atoms with Gasteiger partial charge in [0.2, 0.25) is 10.0 Å². The van der Waals surface area contributed by atoms with E-state index in [-0.39, 0.29) is 23.7 Å². The second kappa shape index (κ2) is 22.0. The average molecular weight is 1050 g/mol. The highest BCUT2D eigenvalue weighted by molar-refractivity contribution is 9.10. The van der Waals surface area contributed by atoms with Crippen LogP contribution in [0.4, 0.5) is 21.7 Å². The fraction of sp³-hybridized carbons (Fsp3) is 0.488. The van der Waals surface area contributed by atoms with E-state index < -0.39 is 10.0 Å². The van der Waals surface area contributed by atoms with E-state index in [9.17, 15) is 12.8 Å². The predicted octanol–water partition coefficient (Wildman–Crippen LogP) is 7.71. The number of hydrogen-bond donors (Lipinski definition) is 2. The van der Waals surface area contributed by atoms with Gasteiger partial charge in [-0.1, -0.05) is 37.6 Å². The second-order valence-electron chi connectivity index (χ2n) is 16.2. The average Bonchev–Trinajstić information content (AvgIpc) is 3.88. The number of ether oxygens (including phenoxy) is 1. The molecule has 2 saturated heterocycles. The van der Waals surface area contributed by atoms with Gasteiger partial charge in [0.05, 0.1) is 34.9 Å². The number of hydrogen-bond acceptors (Lipinski definition) is 13. The first-order valence-electron chi connectivity index (χ1n) is 21.6. The molecule has 2 N–H and O–H groups in total. The summed E-state index contributed by atoms with van der Waals surface area (Å²) in [6, 6.07) is 13.6. The van der Waals surface area contributed by atoms with Crippen LogP contribution >= 0.6 is 43.5 Å². The van der Waals surface area contributed by atoms with Gasteiger partial charge in [0.1, 0.15) is 39.3 Å². The molecule has 0 bridgehead atoms. The van der Waals surface area contributed by atoms with Crippen LogP contribution in [-0.4, -0.2) is 143 Å². The Hall–Kier alpha value is -4.05. The summed E-state index contributed by atoms with van der Waals surface area (Å²) in [5, 5.41) is 16.5. The van der Waals surface area contributed by atoms with Crippen LogP contribution in [0.5, 0.6) is 0 Å². The zero-order chi connectivity index (χ0) is 45.4. The SMILES string of the molecule is CCN(CC)CCS(=O)(=O)N(c1ccc(Cl)cc1)C1CCN(c2ncnc3n[nH]c(Br)c23)CC1.CN(C)CCOC(c1ccc(F)cc1)C1CCN(c2ncnc3n[nH]c(Br)c23)CC1. The summed E-state index contributed by atoms with van der Waals surface area (Å²) in [7, 11) is 0.530. The number of fused-ring (bicyclic) bond motifs is 2. The fourth-order valence-electron chi connectivity index (χ4n) is 8.41. The lowest BCUT2D eigenvalue weighted by molar-refractivity contribution is -0.00309. The molecule has 1 atom stereocenters. The third-order valence-electron chi connectivity index (χ3n) is 11.9. The Bertz CT molecular complexity index is 2530. The minimum absolute atomic E-state index is 0.0428. The zero-order valence-electron chi connectivity index (χ0n) is 36.5. The molecule has 0 spiro atoms. The number of likely N-dealkylation sites (N-methyl/N-ethyl adjacent to an activating group) is 1. The number of nitrogens with one attached hydrogen (secondary N) is 2. The molecule has 2 aliphatic heterocycles. The third-order valence-corrected chi connectivity index (χ3v) is 15.1. The van der Waals surface area contributed by atoms with Gasteiger partial charge in [-0.3, -0.25) is 14.5 Å². The van der Waals surface area contributed by atoms with Crippen molar-refractivity contribution in [3.63, 3.8) is 0 Å². The molecule has 6 aromatic rings. The van der Waals surface area contributed by atoms with Crippen LogP contribution in [0, 0.1) is 11.7 Å². The highest BCUT2D eigenvalue weighted by atomic mass is 79.9. The van der Waals surface area contributed by atoms with Crippen molar-refractivity contribution in [3.05, 3.63) is 86.8 Å². The molecule has 64 heavy (non-hydrogen) atoms. The van der Waals surface area contributed by atoms with Crippen molar-refractivity contribution in [1.82, 2.24) is 50.1 Å². The van der Waals surface area contributed by atoms with Gasteiger partial charge in [0, 0.05) is 50.3 Å². The van der Waals surface area contributed by atoms with E-state index >= 15 is 0 Å². The van der Waals surface area contributed by atoms with E-state index in [1.54, 1.807) is 34.9 Å². The number of anilines is 3. The van der Waals surface area contributed by atoms with Crippen LogP contribution in [0.15, 0.2) is 70.4 Å². The van der Waals surface area contributed by atoms with Gasteiger partial charge in [-0.15, -0.1) is 0 Å². The fourth-order valence-corrected chi connectivity index (χ4v) is 11.2. The van der Waals surface area contributed by atoms with Crippen molar-refractivity contribution < 1.29 is 17.5 Å². The van der Waals surface area contributed by atoms with Crippen LogP contribution in [0.25, 0.3) is 22.1 Å². The van der Waals surface area contributed by atoms with E-state index in [1.807, 2.05) is 40.1 Å². The lowest BCUT2D eigenvalue weighted by Crippen LogP contribution is -2.49. The first-order valence-corrected chi connectivity index (χ1v) is 25.1. The number of benzene rings is 2. The molecule has 344 valence electrons. The van der Waals surface area contributed by atoms with Gasteiger partial charge in [-0.05, 0) is 133 Å². The van der Waals surface area contributed by atoms with E-state index in [4.69, 9.17) is 16.3 Å². The van der Waals surface area contributed by atoms with Gasteiger partial charge >= 0.3 is 0 Å². The molecular weight excluding hydrogens is 993 g/mol. The molecule has 16 nitrogen and oxygen atoms in total. The zero-order valence-corrected chi connectivity index (χ0v) is 41.2. The van der Waals surface area contributed by atoms with E-state index in [1.165, 1.54) is 18.5 Å². The van der Waals surface area contributed by atoms with Crippen LogP contribution in [0.2, 0.25) is 5.02 Å². The third kappa shape index (κ3) is 11.5. The summed E-state index contributed by atoms with van der Waals surface area (Å²) >= 11 is 13.1. The molecule has 0 radical (unpaired) electrons. The molecule has 2 aromatic carbocycles. The molecule has 2 aliphatic rings. The molecule has 4 aromatic heterocycles. The Kier molecular flexibility index (Phi) is 16.4. The van der Waals surface area contributed by atoms with E-state index in [0.29, 0.717) is 67.0 Å². The Balaban J connectivity index is 0.000000193. The summed E-state index contributed by atoms with van der Waals surface area (Å²) in [5.41, 5.74) is 2.95. The summed E-state index contributed by atoms with van der Waals surface area (Å²) in [6.45, 7) is 10.8. The van der Waals surface area contributed by atoms with Crippen molar-refractivity contribution in [2.75, 3.05) is 92.9 Å². The molecule has 1 unspecified atom stereocenters. The molecule has 0 saturated carbocycles. The minimum atomic E-state index is -3.54. The van der Waals surface area contributed by atoms with Crippen LogP contribution in [0.1, 0.15) is 51.2 Å². The maximum Gasteiger partial charge on any atom is 0.236 e. The lowest BCUT2D eigenvalue weighted by Gasteiger charge is -2.39. The molecule has 21 heteroatoms. The Morgan fingerprint density at radius 3 is 1.84 bits per heavy atom. The number of aromatic nitrogens is 8. The Morgan fingerprint density at radius 2 is 1.33 bits per heavy atom. The van der Waals surface area contributed by atoms with Crippen molar-refractivity contribution in [1.29, 1.82) is 0 Å². The predicted molar refractivity (Wildman–Crippen MR) is 258 cm³/mol. The van der Waals surface area contributed by atoms with Crippen LogP contribution in [0.3, 0.4) is 0 Å². The number of piperidine rings is 2. The van der Waals surface area contributed by atoms with Gasteiger partial charge in [0.15, 0.2) is 11.3 Å². The molecule has 0 aliphatic carbocycles. The minimum Gasteiger partial charge on any atom is -0.372 e. The maximum absolute atomic E-state index is 13.6. The van der Waals surface area contributed by atoms with Gasteiger partial charge in [-0.25, -0.2) is 32.7 Å². The van der Waals surface area contributed by atoms with Crippen molar-refractivity contribution in [2.45, 2.75) is 51.7 Å². The Labute approximate surface area is 395 Å². The van der Waals surface area contributed by atoms with Crippen molar-refractivity contribution in [2.24, 2.45) is 5.92 Å². The van der Waals surface area contributed by atoms with Gasteiger partial charge < -0.3 is 24.3 Å². The van der Waals surface area contributed by atoms with Gasteiger partial charge in [-0.2, -0.15) is 10.2 Å². The molecular formula is C43H55Br2ClFN13O3S. The quantitative estimate of drug-likeness (QED) is 0.0969. The topological polar surface area (TPSA) is 168 Å². The standard InChI is InChI=1S/C22H29BrClN7O2S.C21H26BrFN6O/c1-3-29(4-2)13-14-34(32,33)31(17-7-5-16(24)6-8-17)18-9-11-30(12-10-18)22-19-20(23)27-28-21(19)25-15-26-22;1-28(2)11-12-30-18(14-3-5-16(23)6-4-14)15-7-9-29(10-8-15)21-17-19(22)26-27-20(17)24-13-25-21/h5-8,15,18H,3-4,9-14H2,1-2H3,(H,25,26,27,28);3-6,13,15,18H,7-12H2,1-2H3,(H,24,25,26,27). The Morgan fingerprint density at radius 1 is 0.797 bits per heavy atom. The van der Waals surface area contributed by atoms with Crippen molar-refractivity contribution >= 4 is 92.9 Å². The first-order chi connectivity index (χ1) is 30.9. The smallest absolute Gasteiger partial charge is 0.236 e. The summed E-state index contributed by atoms with van der Waals surface area (Å²) < 4.78 is 50.1. The molecule has 2 fully saturated rings. The summed E-state index contributed by atoms with van der Waals surface area (Å²) in [6.07, 6.45) is 6.30. The highest BCUT2D eigenvalue weighted by Gasteiger charge is 2.35. The number of halogens is 4. The molecule has 0 amide bonds. The highest BCUT2D eigenvalue weighted by Crippen LogP contribution is 2.38. The molecule has 6 heterocycles. The number of rotatable bonds is 16. The lowest BCUT2D eigenvalue weighted by atomic mass is 9.87. The maximum atomic E-state index is 13.6. The summed E-state index contributed by atoms with van der Waals surface area (Å²) in [5.74, 6) is 1.90. The number of H-pyrrole nitrogens is 2. The monoisotopic (exact) mass is 1050 g/mol. The van der Waals surface area contributed by atoms with Crippen molar-refractivity contribution in [3.8, 4) is 0 Å². The molecule has 8 rings (SSSR count). The number of nitrogens with zero attached hydrogens (tertiary/aromatic N) is 11. The van der Waals surface area contributed by atoms with E-state index in [0.717, 1.165) is 82.7 Å². The van der Waals surface area contributed by atoms with Gasteiger partial charge in [0.25, 0.3) is 0 Å². The second-order valence-corrected chi connectivity index (χ2v) is 20.2. The number of aromatic amines is 2. The van der Waals surface area contributed by atoms with Crippen LogP contribution in [-0.2, 0) is 14.8 Å². The summed E-state index contributed by atoms with van der Waals surface area (Å²) in [4.78, 5) is 26.1. The van der Waals surface area contributed by atoms with E-state index in [2.05, 4.69) is 91.8 Å². The van der Waals surface area contributed by atoms with Crippen LogP contribution < -0.4 is 14.1 Å².